The number of methoxy groups -OCH3 is 3. The van der Waals surface area contributed by atoms with Crippen molar-refractivity contribution < 1.29 is 14.2 Å². The van der Waals surface area contributed by atoms with Crippen LogP contribution in [0, 0.1) is 6.92 Å². The summed E-state index contributed by atoms with van der Waals surface area (Å²) in [5.41, 5.74) is 7.63. The van der Waals surface area contributed by atoms with Crippen LogP contribution in [0.3, 0.4) is 0 Å². The van der Waals surface area contributed by atoms with E-state index >= 15 is 0 Å². The van der Waals surface area contributed by atoms with Gasteiger partial charge in [-0.25, -0.2) is 14.7 Å². The van der Waals surface area contributed by atoms with Crippen LogP contribution in [0.5, 0.6) is 17.2 Å². The second-order valence-electron chi connectivity index (χ2n) is 10.9. The van der Waals surface area contributed by atoms with E-state index in [9.17, 15) is 0 Å². The molecule has 2 aliphatic rings. The SMILES string of the molecule is CCc1ccc(NC2=Nc3ccccc3N3C2=Nc2c(c(C)nn2-c2ccccc2)[C@H]3c2cc(OC)c(OC)c(OC)c2)cc1. The maximum absolute atomic E-state index is 5.82. The highest BCUT2D eigenvalue weighted by molar-refractivity contribution is 6.51. The topological polar surface area (TPSA) is 85.5 Å². The lowest BCUT2D eigenvalue weighted by molar-refractivity contribution is 0.323. The van der Waals surface area contributed by atoms with E-state index in [1.165, 1.54) is 5.56 Å². The van der Waals surface area contributed by atoms with E-state index in [-0.39, 0.29) is 6.04 Å². The number of benzene rings is 4. The number of amidine groups is 2. The Bertz CT molecular complexity index is 1920. The van der Waals surface area contributed by atoms with E-state index in [2.05, 4.69) is 47.5 Å². The van der Waals surface area contributed by atoms with Crippen molar-refractivity contribution in [2.45, 2.75) is 26.3 Å². The fourth-order valence-electron chi connectivity index (χ4n) is 6.08. The lowest BCUT2D eigenvalue weighted by Gasteiger charge is -2.40. The Balaban J connectivity index is 1.50. The molecule has 3 heterocycles. The number of anilines is 2. The number of para-hydroxylation sites is 3. The smallest absolute Gasteiger partial charge is 0.203 e. The summed E-state index contributed by atoms with van der Waals surface area (Å²) in [4.78, 5) is 12.7. The van der Waals surface area contributed by atoms with Gasteiger partial charge in [-0.2, -0.15) is 5.10 Å². The van der Waals surface area contributed by atoms with Crippen LogP contribution >= 0.6 is 0 Å². The number of ether oxygens (including phenoxy) is 3. The second kappa shape index (κ2) is 11.5. The lowest BCUT2D eigenvalue weighted by atomic mass is 9.92. The Morgan fingerprint density at radius 1 is 0.800 bits per heavy atom. The van der Waals surface area contributed by atoms with E-state index in [4.69, 9.17) is 29.3 Å². The maximum Gasteiger partial charge on any atom is 0.203 e. The molecule has 0 saturated carbocycles. The van der Waals surface area contributed by atoms with Gasteiger partial charge in [0.15, 0.2) is 29.0 Å². The lowest BCUT2D eigenvalue weighted by Crippen LogP contribution is -2.46. The molecule has 45 heavy (non-hydrogen) atoms. The van der Waals surface area contributed by atoms with Crippen molar-refractivity contribution in [1.82, 2.24) is 9.78 Å². The van der Waals surface area contributed by atoms with E-state index < -0.39 is 0 Å². The quantitative estimate of drug-likeness (QED) is 0.208. The molecule has 226 valence electrons. The summed E-state index contributed by atoms with van der Waals surface area (Å²) in [7, 11) is 4.88. The first-order valence-electron chi connectivity index (χ1n) is 14.9. The van der Waals surface area contributed by atoms with Crippen molar-refractivity contribution in [3.05, 3.63) is 113 Å². The van der Waals surface area contributed by atoms with Gasteiger partial charge < -0.3 is 24.4 Å². The Morgan fingerprint density at radius 2 is 1.49 bits per heavy atom. The van der Waals surface area contributed by atoms with Gasteiger partial charge in [-0.15, -0.1) is 0 Å². The molecule has 9 nitrogen and oxygen atoms in total. The van der Waals surface area contributed by atoms with Crippen LogP contribution in [0.15, 0.2) is 101 Å². The average molecular weight is 599 g/mol. The zero-order valence-corrected chi connectivity index (χ0v) is 25.9. The predicted molar refractivity (Wildman–Crippen MR) is 179 cm³/mol. The summed E-state index contributed by atoms with van der Waals surface area (Å²) < 4.78 is 19.2. The van der Waals surface area contributed by atoms with Crippen LogP contribution in [0.4, 0.5) is 22.9 Å². The van der Waals surface area contributed by atoms with Crippen molar-refractivity contribution >= 4 is 34.6 Å². The number of hydrogen-bond acceptors (Lipinski definition) is 8. The number of hydrogen-bond donors (Lipinski definition) is 1. The van der Waals surface area contributed by atoms with Crippen molar-refractivity contribution in [2.24, 2.45) is 9.98 Å². The monoisotopic (exact) mass is 598 g/mol. The molecule has 7 rings (SSSR count). The molecule has 1 N–H and O–H groups in total. The molecule has 5 aromatic rings. The molecule has 4 aromatic carbocycles. The highest BCUT2D eigenvalue weighted by Crippen LogP contribution is 2.50. The molecular weight excluding hydrogens is 564 g/mol. The highest BCUT2D eigenvalue weighted by atomic mass is 16.5. The largest absolute Gasteiger partial charge is 0.493 e. The van der Waals surface area contributed by atoms with Crippen LogP contribution in [-0.2, 0) is 6.42 Å². The molecular formula is C36H34N6O3. The molecule has 2 aliphatic heterocycles. The third-order valence-corrected chi connectivity index (χ3v) is 8.27. The van der Waals surface area contributed by atoms with Gasteiger partial charge in [-0.1, -0.05) is 49.4 Å². The van der Waals surface area contributed by atoms with E-state index in [0.717, 1.165) is 51.8 Å². The first kappa shape index (κ1) is 28.2. The third-order valence-electron chi connectivity index (χ3n) is 8.27. The van der Waals surface area contributed by atoms with Crippen molar-refractivity contribution in [1.29, 1.82) is 0 Å². The zero-order chi connectivity index (χ0) is 31.1. The fourth-order valence-corrected chi connectivity index (χ4v) is 6.08. The average Bonchev–Trinajstić information content (AvgIpc) is 3.43. The minimum atomic E-state index is -0.352. The van der Waals surface area contributed by atoms with Gasteiger partial charge in [0, 0.05) is 11.3 Å². The number of nitrogens with zero attached hydrogens (tertiary/aromatic N) is 5. The molecule has 0 spiro atoms. The van der Waals surface area contributed by atoms with Crippen molar-refractivity contribution in [2.75, 3.05) is 31.5 Å². The Labute approximate surface area is 262 Å². The number of aryl methyl sites for hydroxylation is 2. The van der Waals surface area contributed by atoms with Gasteiger partial charge in [-0.3, -0.25) is 0 Å². The van der Waals surface area contributed by atoms with Crippen LogP contribution in [-0.4, -0.2) is 42.8 Å². The number of fused-ring (bicyclic) bond motifs is 4. The summed E-state index contributed by atoms with van der Waals surface area (Å²) in [5.74, 6) is 3.72. The van der Waals surface area contributed by atoms with Gasteiger partial charge in [0.25, 0.3) is 0 Å². The van der Waals surface area contributed by atoms with E-state index in [0.29, 0.717) is 28.9 Å². The van der Waals surface area contributed by atoms with Crippen LogP contribution < -0.4 is 24.4 Å². The summed E-state index contributed by atoms with van der Waals surface area (Å²) >= 11 is 0. The maximum atomic E-state index is 5.82. The second-order valence-corrected chi connectivity index (χ2v) is 10.9. The first-order valence-corrected chi connectivity index (χ1v) is 14.9. The van der Waals surface area contributed by atoms with Gasteiger partial charge in [0.1, 0.15) is 0 Å². The molecule has 0 amide bonds. The molecule has 9 heteroatoms. The minimum Gasteiger partial charge on any atom is -0.493 e. The van der Waals surface area contributed by atoms with Gasteiger partial charge >= 0.3 is 0 Å². The summed E-state index contributed by atoms with van der Waals surface area (Å²) in [5, 5.41) is 8.62. The van der Waals surface area contributed by atoms with E-state index in [1.807, 2.05) is 72.3 Å². The van der Waals surface area contributed by atoms with Crippen LogP contribution in [0.2, 0.25) is 0 Å². The summed E-state index contributed by atoms with van der Waals surface area (Å²) in [6.07, 6.45) is 0.969. The van der Waals surface area contributed by atoms with Crippen LogP contribution in [0.1, 0.15) is 35.3 Å². The summed E-state index contributed by atoms with van der Waals surface area (Å²) in [6, 6.07) is 30.3. The van der Waals surface area contributed by atoms with Gasteiger partial charge in [0.05, 0.1) is 50.1 Å². The standard InChI is InChI=1S/C36H34N6O3/c1-6-23-16-18-25(19-17-23)37-34-36-39-35-31(22(2)40-42(35)26-12-8-7-9-13-26)32(41(36)28-15-11-10-14-27(28)38-34)24-20-29(43-3)33(45-5)30(21-24)44-4/h7-21,32H,6H2,1-5H3,(H,37,38)/t32-/m1/s1. The molecule has 0 saturated heterocycles. The fraction of sp³-hybridized carbons (Fsp3) is 0.194. The van der Waals surface area contributed by atoms with Crippen molar-refractivity contribution in [3.8, 4) is 22.9 Å². The van der Waals surface area contributed by atoms with E-state index in [1.54, 1.807) is 21.3 Å². The Kier molecular flexibility index (Phi) is 7.21. The molecule has 0 fully saturated rings. The minimum absolute atomic E-state index is 0.352. The number of aromatic nitrogens is 2. The number of nitrogens with one attached hydrogen (secondary N) is 1. The number of aliphatic imine (C=N–C) groups is 2. The molecule has 0 radical (unpaired) electrons. The third kappa shape index (κ3) is 4.77. The first-order chi connectivity index (χ1) is 22.0. The molecule has 0 aliphatic carbocycles. The van der Waals surface area contributed by atoms with Crippen LogP contribution in [0.25, 0.3) is 5.69 Å². The van der Waals surface area contributed by atoms with Gasteiger partial charge in [-0.05, 0) is 73.0 Å². The normalized spacial score (nSPS) is 14.9. The molecule has 0 bridgehead atoms. The molecule has 1 atom stereocenters. The Hall–Kier alpha value is -5.57. The highest BCUT2D eigenvalue weighted by Gasteiger charge is 2.42. The molecule has 0 unspecified atom stereocenters. The predicted octanol–water partition coefficient (Wildman–Crippen LogP) is 7.56. The molecule has 1 aromatic heterocycles. The number of rotatable bonds is 7. The van der Waals surface area contributed by atoms with Gasteiger partial charge in [0.2, 0.25) is 5.75 Å². The van der Waals surface area contributed by atoms with Crippen molar-refractivity contribution in [3.63, 3.8) is 0 Å². The zero-order valence-electron chi connectivity index (χ0n) is 25.9. The Morgan fingerprint density at radius 3 is 2.16 bits per heavy atom. The summed E-state index contributed by atoms with van der Waals surface area (Å²) in [6.45, 7) is 4.18.